The molecule has 1 aliphatic rings. The van der Waals surface area contributed by atoms with Crippen molar-refractivity contribution in [1.82, 2.24) is 0 Å². The third kappa shape index (κ3) is 6.40. The third-order valence-corrected chi connectivity index (χ3v) is 7.08. The maximum Gasteiger partial charge on any atom is 0.283 e. The topological polar surface area (TPSA) is 106 Å². The van der Waals surface area contributed by atoms with Crippen LogP contribution in [0.25, 0.3) is 0 Å². The highest BCUT2D eigenvalue weighted by Gasteiger charge is 2.40. The molecule has 3 aromatic carbocycles. The fraction of sp³-hybridized carbons (Fsp3) is 0.233. The van der Waals surface area contributed by atoms with Crippen LogP contribution in [0.4, 0.5) is 17.1 Å². The molecule has 208 valence electrons. The molecule has 40 heavy (non-hydrogen) atoms. The maximum absolute atomic E-state index is 13.7. The summed E-state index contributed by atoms with van der Waals surface area (Å²) in [6.45, 7) is 3.96. The lowest BCUT2D eigenvalue weighted by molar-refractivity contribution is -0.120. The predicted octanol–water partition coefficient (Wildman–Crippen LogP) is 5.69. The molecule has 0 aromatic heterocycles. The Morgan fingerprint density at radius 1 is 0.850 bits per heavy atom. The van der Waals surface area contributed by atoms with Gasteiger partial charge in [0.15, 0.2) is 0 Å². The minimum absolute atomic E-state index is 0.0651. The van der Waals surface area contributed by atoms with Gasteiger partial charge in [0.25, 0.3) is 11.8 Å². The molecular formula is C30H31N3O6S. The van der Waals surface area contributed by atoms with Crippen LogP contribution < -0.4 is 29.7 Å². The van der Waals surface area contributed by atoms with Crippen molar-refractivity contribution >= 4 is 46.5 Å². The summed E-state index contributed by atoms with van der Waals surface area (Å²) >= 11 is 1.16. The Labute approximate surface area is 237 Å². The number of rotatable bonds is 11. The van der Waals surface area contributed by atoms with Crippen LogP contribution in [0, 0.1) is 5.92 Å². The van der Waals surface area contributed by atoms with Crippen molar-refractivity contribution in [2.75, 3.05) is 36.9 Å². The normalized spacial score (nSPS) is 13.1. The highest BCUT2D eigenvalue weighted by molar-refractivity contribution is 8.04. The van der Waals surface area contributed by atoms with Crippen molar-refractivity contribution in [3.8, 4) is 17.2 Å². The molecule has 9 nitrogen and oxygen atoms in total. The van der Waals surface area contributed by atoms with Gasteiger partial charge in [-0.3, -0.25) is 14.4 Å². The number of hydrogen-bond donors (Lipinski definition) is 2. The van der Waals surface area contributed by atoms with Gasteiger partial charge in [-0.2, -0.15) is 0 Å². The Morgan fingerprint density at radius 2 is 1.50 bits per heavy atom. The van der Waals surface area contributed by atoms with Crippen molar-refractivity contribution in [3.05, 3.63) is 77.3 Å². The molecule has 0 unspecified atom stereocenters. The van der Waals surface area contributed by atoms with Crippen molar-refractivity contribution in [1.29, 1.82) is 0 Å². The van der Waals surface area contributed by atoms with Crippen LogP contribution in [0.3, 0.4) is 0 Å². The Bertz CT molecular complexity index is 1430. The fourth-order valence-electron chi connectivity index (χ4n) is 4.02. The minimum Gasteiger partial charge on any atom is -0.497 e. The summed E-state index contributed by atoms with van der Waals surface area (Å²) < 4.78 is 16.0. The highest BCUT2D eigenvalue weighted by atomic mass is 32.2. The summed E-state index contributed by atoms with van der Waals surface area (Å²) in [5, 5.41) is 6.00. The van der Waals surface area contributed by atoms with Crippen LogP contribution in [0.2, 0.25) is 0 Å². The van der Waals surface area contributed by atoms with Gasteiger partial charge in [0.2, 0.25) is 5.91 Å². The van der Waals surface area contributed by atoms with Crippen molar-refractivity contribution in [3.63, 3.8) is 0 Å². The van der Waals surface area contributed by atoms with Crippen molar-refractivity contribution in [2.24, 2.45) is 5.92 Å². The number of nitrogens with zero attached hydrogens (tertiary/aromatic N) is 1. The molecule has 0 saturated carbocycles. The molecule has 0 saturated heterocycles. The smallest absolute Gasteiger partial charge is 0.283 e. The second kappa shape index (κ2) is 12.6. The zero-order chi connectivity index (χ0) is 28.8. The zero-order valence-corrected chi connectivity index (χ0v) is 23.8. The highest BCUT2D eigenvalue weighted by Crippen LogP contribution is 2.40. The van der Waals surface area contributed by atoms with Crippen LogP contribution in [-0.2, 0) is 14.4 Å². The number of carbonyl (C=O) groups excluding carboxylic acids is 3. The van der Waals surface area contributed by atoms with Crippen molar-refractivity contribution < 1.29 is 28.6 Å². The van der Waals surface area contributed by atoms with Crippen LogP contribution >= 0.6 is 11.8 Å². The van der Waals surface area contributed by atoms with E-state index in [-0.39, 0.29) is 22.4 Å². The van der Waals surface area contributed by atoms with Gasteiger partial charge in [-0.25, -0.2) is 4.90 Å². The van der Waals surface area contributed by atoms with E-state index in [1.54, 1.807) is 80.9 Å². The SMILES string of the molecule is COc1ccc(N2C(=O)C(Nc3ccc(OC)cc3OC)=C(Sc3ccc(NC(=O)CC(C)C)cc3)C2=O)cc1. The quantitative estimate of drug-likeness (QED) is 0.288. The Morgan fingerprint density at radius 3 is 2.10 bits per heavy atom. The first-order valence-electron chi connectivity index (χ1n) is 12.6. The molecule has 10 heteroatoms. The van der Waals surface area contributed by atoms with E-state index in [1.165, 1.54) is 7.11 Å². The molecule has 3 amide bonds. The lowest BCUT2D eigenvalue weighted by atomic mass is 10.1. The van der Waals surface area contributed by atoms with E-state index in [4.69, 9.17) is 14.2 Å². The molecule has 0 aliphatic carbocycles. The van der Waals surface area contributed by atoms with Gasteiger partial charge in [0.1, 0.15) is 27.9 Å². The summed E-state index contributed by atoms with van der Waals surface area (Å²) in [7, 11) is 4.60. The average Bonchev–Trinajstić information content (AvgIpc) is 3.17. The van der Waals surface area contributed by atoms with E-state index in [2.05, 4.69) is 10.6 Å². The number of thioether (sulfide) groups is 1. The minimum atomic E-state index is -0.506. The molecule has 0 fully saturated rings. The van der Waals surface area contributed by atoms with Gasteiger partial charge in [0.05, 0.1) is 32.7 Å². The summed E-state index contributed by atoms with van der Waals surface area (Å²) in [5.74, 6) is 0.840. The molecule has 0 bridgehead atoms. The largest absolute Gasteiger partial charge is 0.497 e. The van der Waals surface area contributed by atoms with Gasteiger partial charge >= 0.3 is 0 Å². The number of ether oxygens (including phenoxy) is 3. The summed E-state index contributed by atoms with van der Waals surface area (Å²) in [6.07, 6.45) is 0.422. The number of amides is 3. The molecule has 1 heterocycles. The Kier molecular flexibility index (Phi) is 9.00. The van der Waals surface area contributed by atoms with Crippen LogP contribution in [0.15, 0.2) is 82.2 Å². The van der Waals surface area contributed by atoms with E-state index in [0.717, 1.165) is 21.6 Å². The standard InChI is InChI=1S/C30H31N3O6S/c1-18(2)16-26(34)31-19-6-13-23(14-7-19)40-28-27(32-24-15-12-22(38-4)17-25(24)39-5)29(35)33(30(28)36)20-8-10-21(37-3)11-9-20/h6-15,17-18,32H,16H2,1-5H3,(H,31,34). The lowest BCUT2D eigenvalue weighted by Gasteiger charge is -2.16. The number of nitrogens with one attached hydrogen (secondary N) is 2. The lowest BCUT2D eigenvalue weighted by Crippen LogP contribution is -2.32. The molecule has 0 atom stereocenters. The summed E-state index contributed by atoms with van der Waals surface area (Å²) in [4.78, 5) is 41.6. The molecule has 1 aliphatic heterocycles. The average molecular weight is 562 g/mol. The first kappa shape index (κ1) is 28.6. The van der Waals surface area contributed by atoms with Gasteiger partial charge < -0.3 is 24.8 Å². The Hall–Kier alpha value is -4.44. The molecule has 0 radical (unpaired) electrons. The predicted molar refractivity (Wildman–Crippen MR) is 156 cm³/mol. The number of imide groups is 1. The third-order valence-electron chi connectivity index (χ3n) is 5.99. The first-order chi connectivity index (χ1) is 19.2. The van der Waals surface area contributed by atoms with Gasteiger partial charge in [0, 0.05) is 23.1 Å². The zero-order valence-electron chi connectivity index (χ0n) is 22.9. The fourth-order valence-corrected chi connectivity index (χ4v) is 4.95. The number of benzene rings is 3. The van der Waals surface area contributed by atoms with Crippen LogP contribution in [0.5, 0.6) is 17.2 Å². The summed E-state index contributed by atoms with van der Waals surface area (Å²) in [6, 6.07) is 18.9. The second-order valence-electron chi connectivity index (χ2n) is 9.31. The van der Waals surface area contributed by atoms with Gasteiger partial charge in [-0.1, -0.05) is 25.6 Å². The molecule has 3 aromatic rings. The number of methoxy groups -OCH3 is 3. The van der Waals surface area contributed by atoms with E-state index in [9.17, 15) is 14.4 Å². The molecule has 4 rings (SSSR count). The Balaban J connectivity index is 1.67. The van der Waals surface area contributed by atoms with Crippen LogP contribution in [-0.4, -0.2) is 39.1 Å². The van der Waals surface area contributed by atoms with Gasteiger partial charge in [-0.05, 0) is 66.6 Å². The van der Waals surface area contributed by atoms with Crippen LogP contribution in [0.1, 0.15) is 20.3 Å². The van der Waals surface area contributed by atoms with E-state index in [0.29, 0.717) is 40.7 Å². The monoisotopic (exact) mass is 561 g/mol. The number of hydrogen-bond acceptors (Lipinski definition) is 8. The maximum atomic E-state index is 13.7. The van der Waals surface area contributed by atoms with E-state index in [1.807, 2.05) is 13.8 Å². The first-order valence-corrected chi connectivity index (χ1v) is 13.4. The summed E-state index contributed by atoms with van der Waals surface area (Å²) in [5.41, 5.74) is 1.68. The number of carbonyl (C=O) groups is 3. The molecular weight excluding hydrogens is 530 g/mol. The van der Waals surface area contributed by atoms with Gasteiger partial charge in [-0.15, -0.1) is 0 Å². The molecule has 0 spiro atoms. The molecule has 2 N–H and O–H groups in total. The number of anilines is 3. The second-order valence-corrected chi connectivity index (χ2v) is 10.4. The van der Waals surface area contributed by atoms with E-state index < -0.39 is 11.8 Å². The van der Waals surface area contributed by atoms with E-state index >= 15 is 0 Å². The van der Waals surface area contributed by atoms with Crippen molar-refractivity contribution in [2.45, 2.75) is 25.2 Å².